The fourth-order valence-electron chi connectivity index (χ4n) is 2.75. The van der Waals surface area contributed by atoms with E-state index in [1.54, 1.807) is 6.92 Å². The molecule has 0 spiro atoms. The van der Waals surface area contributed by atoms with Gasteiger partial charge in [-0.3, -0.25) is 4.79 Å². The lowest BCUT2D eigenvalue weighted by Gasteiger charge is -2.30. The zero-order chi connectivity index (χ0) is 16.3. The predicted octanol–water partition coefficient (Wildman–Crippen LogP) is 1.51. The van der Waals surface area contributed by atoms with Crippen LogP contribution in [0, 0.1) is 6.92 Å². The van der Waals surface area contributed by atoms with Gasteiger partial charge in [0.2, 0.25) is 0 Å². The van der Waals surface area contributed by atoms with Gasteiger partial charge in [0.05, 0.1) is 23.5 Å². The Morgan fingerprint density at radius 2 is 2.00 bits per heavy atom. The number of thioether (sulfide) groups is 1. The van der Waals surface area contributed by atoms with Crippen molar-refractivity contribution in [1.82, 2.24) is 14.9 Å². The molecule has 3 N–H and O–H groups in total. The van der Waals surface area contributed by atoms with Gasteiger partial charge in [-0.15, -0.1) is 0 Å². The number of carboxylic acid groups (broad SMARTS) is 1. The summed E-state index contributed by atoms with van der Waals surface area (Å²) < 4.78 is 0. The molecular formula is C14H20N4O3S. The molecule has 2 heterocycles. The summed E-state index contributed by atoms with van der Waals surface area (Å²) in [5.41, 5.74) is 7.38. The second kappa shape index (κ2) is 7.06. The Morgan fingerprint density at radius 3 is 2.50 bits per heavy atom. The first-order chi connectivity index (χ1) is 10.5. The quantitative estimate of drug-likeness (QED) is 0.490. The highest BCUT2D eigenvalue weighted by Gasteiger charge is 2.29. The number of ketones is 1. The van der Waals surface area contributed by atoms with E-state index in [2.05, 4.69) is 9.97 Å². The van der Waals surface area contributed by atoms with Crippen molar-refractivity contribution in [3.63, 3.8) is 0 Å². The fourth-order valence-corrected chi connectivity index (χ4v) is 3.16. The molecule has 1 fully saturated rings. The van der Waals surface area contributed by atoms with Crippen LogP contribution in [0.5, 0.6) is 0 Å². The second-order valence-electron chi connectivity index (χ2n) is 5.23. The lowest BCUT2D eigenvalue weighted by atomic mass is 9.89. The van der Waals surface area contributed by atoms with Crippen molar-refractivity contribution in [2.45, 2.75) is 30.8 Å². The molecule has 1 aromatic rings. The predicted molar refractivity (Wildman–Crippen MR) is 83.5 cm³/mol. The van der Waals surface area contributed by atoms with Crippen molar-refractivity contribution in [1.29, 1.82) is 0 Å². The van der Waals surface area contributed by atoms with Crippen molar-refractivity contribution >= 4 is 23.6 Å². The number of aromatic nitrogens is 2. The van der Waals surface area contributed by atoms with E-state index in [-0.39, 0.29) is 18.2 Å². The molecule has 1 aliphatic rings. The Bertz CT molecular complexity index is 586. The Balaban J connectivity index is 2.35. The van der Waals surface area contributed by atoms with Gasteiger partial charge in [-0.2, -0.15) is 0 Å². The van der Waals surface area contributed by atoms with E-state index >= 15 is 0 Å². The standard InChI is InChI=1S/C14H20N4O3S/c1-8-11(10(19)7-15)12(17-13(16-8)22-2)9-3-5-18(6-4-9)14(20)21/h9H,3-7,15H2,1-2H3,(H,20,21). The van der Waals surface area contributed by atoms with Crippen molar-refractivity contribution in [2.24, 2.45) is 5.73 Å². The molecule has 0 unspecified atom stereocenters. The van der Waals surface area contributed by atoms with E-state index in [1.807, 2.05) is 6.26 Å². The minimum Gasteiger partial charge on any atom is -0.465 e. The van der Waals surface area contributed by atoms with E-state index < -0.39 is 6.09 Å². The maximum Gasteiger partial charge on any atom is 0.407 e. The largest absolute Gasteiger partial charge is 0.465 e. The molecule has 0 aliphatic carbocycles. The maximum atomic E-state index is 12.2. The summed E-state index contributed by atoms with van der Waals surface area (Å²) in [6.07, 6.45) is 2.29. The van der Waals surface area contributed by atoms with Crippen LogP contribution >= 0.6 is 11.8 Å². The summed E-state index contributed by atoms with van der Waals surface area (Å²) in [5, 5.41) is 9.66. The molecule has 2 rings (SSSR count). The lowest BCUT2D eigenvalue weighted by Crippen LogP contribution is -2.37. The number of nitrogens with zero attached hydrogens (tertiary/aromatic N) is 3. The first-order valence-electron chi connectivity index (χ1n) is 7.11. The van der Waals surface area contributed by atoms with Crippen LogP contribution in [0.3, 0.4) is 0 Å². The fraction of sp³-hybridized carbons (Fsp3) is 0.571. The zero-order valence-corrected chi connectivity index (χ0v) is 13.5. The number of rotatable bonds is 4. The average Bonchev–Trinajstić information content (AvgIpc) is 2.53. The topological polar surface area (TPSA) is 109 Å². The Labute approximate surface area is 133 Å². The van der Waals surface area contributed by atoms with Gasteiger partial charge in [0, 0.05) is 19.0 Å². The van der Waals surface area contributed by atoms with Crippen LogP contribution in [0.1, 0.15) is 40.5 Å². The van der Waals surface area contributed by atoms with Crippen LogP contribution in [0.2, 0.25) is 0 Å². The number of piperidine rings is 1. The number of carbonyl (C=O) groups is 2. The molecule has 0 saturated carbocycles. The summed E-state index contributed by atoms with van der Waals surface area (Å²) >= 11 is 1.43. The smallest absolute Gasteiger partial charge is 0.407 e. The van der Waals surface area contributed by atoms with Crippen LogP contribution < -0.4 is 5.73 Å². The molecule has 1 aromatic heterocycles. The first-order valence-corrected chi connectivity index (χ1v) is 8.34. The summed E-state index contributed by atoms with van der Waals surface area (Å²) in [6.45, 7) is 2.62. The molecule has 0 aromatic carbocycles. The van der Waals surface area contributed by atoms with E-state index in [1.165, 1.54) is 16.7 Å². The van der Waals surface area contributed by atoms with Crippen LogP contribution in [-0.4, -0.2) is 57.7 Å². The molecule has 120 valence electrons. The van der Waals surface area contributed by atoms with Gasteiger partial charge >= 0.3 is 6.09 Å². The lowest BCUT2D eigenvalue weighted by molar-refractivity contribution is 0.0995. The van der Waals surface area contributed by atoms with Crippen molar-refractivity contribution in [3.8, 4) is 0 Å². The molecule has 1 aliphatic heterocycles. The Kier molecular flexibility index (Phi) is 5.36. The molecule has 8 heteroatoms. The molecule has 1 saturated heterocycles. The number of nitrogens with two attached hydrogens (primary N) is 1. The third kappa shape index (κ3) is 3.38. The third-order valence-electron chi connectivity index (χ3n) is 3.90. The number of Topliss-reactive ketones (excluding diaryl/α,β-unsaturated/α-hetero) is 1. The van der Waals surface area contributed by atoms with Crippen LogP contribution in [0.4, 0.5) is 4.79 Å². The summed E-state index contributed by atoms with van der Waals surface area (Å²) in [5.74, 6) is -0.102. The van der Waals surface area contributed by atoms with Gasteiger partial charge in [0.25, 0.3) is 0 Å². The van der Waals surface area contributed by atoms with E-state index in [4.69, 9.17) is 10.8 Å². The molecule has 1 amide bonds. The normalized spacial score (nSPS) is 15.9. The molecule has 0 radical (unpaired) electrons. The number of likely N-dealkylation sites (tertiary alicyclic amines) is 1. The van der Waals surface area contributed by atoms with Gasteiger partial charge in [-0.05, 0) is 26.0 Å². The number of amides is 1. The average molecular weight is 324 g/mol. The van der Waals surface area contributed by atoms with Gasteiger partial charge in [-0.1, -0.05) is 11.8 Å². The Hall–Kier alpha value is -1.67. The molecule has 0 atom stereocenters. The highest BCUT2D eigenvalue weighted by atomic mass is 32.2. The van der Waals surface area contributed by atoms with Crippen molar-refractivity contribution in [2.75, 3.05) is 25.9 Å². The number of hydrogen-bond acceptors (Lipinski definition) is 6. The van der Waals surface area contributed by atoms with Crippen molar-refractivity contribution in [3.05, 3.63) is 17.0 Å². The van der Waals surface area contributed by atoms with Crippen molar-refractivity contribution < 1.29 is 14.7 Å². The van der Waals surface area contributed by atoms with Gasteiger partial charge in [0.1, 0.15) is 0 Å². The van der Waals surface area contributed by atoms with Gasteiger partial charge in [0.15, 0.2) is 10.9 Å². The van der Waals surface area contributed by atoms with E-state index in [0.717, 1.165) is 5.69 Å². The SMILES string of the molecule is CSc1nc(C)c(C(=O)CN)c(C2CCN(C(=O)O)CC2)n1. The highest BCUT2D eigenvalue weighted by Crippen LogP contribution is 2.31. The Morgan fingerprint density at radius 1 is 1.36 bits per heavy atom. The molecule has 7 nitrogen and oxygen atoms in total. The second-order valence-corrected chi connectivity index (χ2v) is 6.00. The van der Waals surface area contributed by atoms with Gasteiger partial charge < -0.3 is 15.7 Å². The van der Waals surface area contributed by atoms with Gasteiger partial charge in [-0.25, -0.2) is 14.8 Å². The maximum absolute atomic E-state index is 12.2. The monoisotopic (exact) mass is 324 g/mol. The van der Waals surface area contributed by atoms with Crippen LogP contribution in [0.25, 0.3) is 0 Å². The van der Waals surface area contributed by atoms with E-state index in [9.17, 15) is 9.59 Å². The molecular weight excluding hydrogens is 304 g/mol. The summed E-state index contributed by atoms with van der Waals surface area (Å²) in [7, 11) is 0. The minimum absolute atomic E-state index is 0.0636. The van der Waals surface area contributed by atoms with Crippen LogP contribution in [-0.2, 0) is 0 Å². The zero-order valence-electron chi connectivity index (χ0n) is 12.7. The third-order valence-corrected chi connectivity index (χ3v) is 4.44. The highest BCUT2D eigenvalue weighted by molar-refractivity contribution is 7.98. The number of hydrogen-bond donors (Lipinski definition) is 2. The summed E-state index contributed by atoms with van der Waals surface area (Å²) in [4.78, 5) is 33.4. The molecule has 0 bridgehead atoms. The van der Waals surface area contributed by atoms with Crippen LogP contribution in [0.15, 0.2) is 5.16 Å². The van der Waals surface area contributed by atoms with E-state index in [0.29, 0.717) is 42.3 Å². The number of aryl methyl sites for hydroxylation is 1. The molecule has 22 heavy (non-hydrogen) atoms. The summed E-state index contributed by atoms with van der Waals surface area (Å²) in [6, 6.07) is 0. The minimum atomic E-state index is -0.902. The number of carbonyl (C=O) groups excluding carboxylic acids is 1. The first kappa shape index (κ1) is 16.7.